The first-order valence-electron chi connectivity index (χ1n) is 6.45. The van der Waals surface area contributed by atoms with Gasteiger partial charge < -0.3 is 26.8 Å². The van der Waals surface area contributed by atoms with Gasteiger partial charge >= 0.3 is 11.5 Å². The van der Waals surface area contributed by atoms with Crippen molar-refractivity contribution in [1.82, 2.24) is 0 Å². The second-order valence-electron chi connectivity index (χ2n) is 4.55. The molecule has 0 radical (unpaired) electrons. The van der Waals surface area contributed by atoms with Crippen LogP contribution in [0.25, 0.3) is 0 Å². The molecule has 0 fully saturated rings. The molecule has 0 aliphatic heterocycles. The first-order chi connectivity index (χ1) is 9.69. The smallest absolute Gasteiger partial charge is 0.373 e. The molecule has 0 saturated heterocycles. The second-order valence-corrected chi connectivity index (χ2v) is 6.40. The Kier molecular flexibility index (Phi) is 7.56. The zero-order valence-corrected chi connectivity index (χ0v) is 14.3. The fourth-order valence-corrected chi connectivity index (χ4v) is 3.31. The average molecular weight is 373 g/mol. The van der Waals surface area contributed by atoms with Crippen LogP contribution in [0.2, 0.25) is 0 Å². The lowest BCUT2D eigenvalue weighted by Gasteiger charge is -2.01. The molecular weight excluding hydrogens is 354 g/mol. The number of carbonyl (C=O) groups is 1. The van der Waals surface area contributed by atoms with Crippen molar-refractivity contribution in [1.29, 1.82) is 0 Å². The van der Waals surface area contributed by atoms with Crippen molar-refractivity contribution in [3.05, 3.63) is 52.5 Å². The van der Waals surface area contributed by atoms with Crippen LogP contribution in [-0.2, 0) is 35.4 Å². The number of hydrogen-bond acceptors (Lipinski definition) is 3. The number of rotatable bonds is 6. The maximum atomic E-state index is 11.8. The molecule has 0 aliphatic rings. The van der Waals surface area contributed by atoms with Gasteiger partial charge in [0.05, 0.1) is 13.0 Å². The third-order valence-corrected chi connectivity index (χ3v) is 4.65. The van der Waals surface area contributed by atoms with E-state index in [1.807, 2.05) is 46.6 Å². The molecule has 0 amide bonds. The summed E-state index contributed by atoms with van der Waals surface area (Å²) in [7, 11) is -0.00266. The minimum absolute atomic E-state index is 0. The Bertz CT molecular complexity index is 572. The maximum Gasteiger partial charge on any atom is 0.373 e. The first kappa shape index (κ1) is 17.8. The number of aliphatic hydroxyl groups excluding tert-OH is 1. The van der Waals surface area contributed by atoms with Crippen LogP contribution < -0.4 is 21.5 Å². The van der Waals surface area contributed by atoms with Gasteiger partial charge in [-0.25, -0.2) is 4.79 Å². The van der Waals surface area contributed by atoms with Gasteiger partial charge in [0.15, 0.2) is 0 Å². The standard InChI is InChI=1S/C15H19NO3S.BrH/c1-20-12-16(9-14(20)7-8-17)10-15(18)19-11-13-5-3-2-4-6-13;/h2-6,9,12,17H,7-8,10-11H2,1H3;1H/q+2;/p-1. The van der Waals surface area contributed by atoms with Crippen LogP contribution >= 0.6 is 10.5 Å². The molecule has 1 aromatic heterocycles. The molecule has 1 N–H and O–H groups in total. The Hall–Kier alpha value is -1.24. The van der Waals surface area contributed by atoms with Crippen molar-refractivity contribution in [2.75, 3.05) is 6.61 Å². The van der Waals surface area contributed by atoms with E-state index < -0.39 is 0 Å². The van der Waals surface area contributed by atoms with Crippen molar-refractivity contribution < 1.29 is 36.2 Å². The molecule has 0 aliphatic carbocycles. The molecule has 6 heteroatoms. The summed E-state index contributed by atoms with van der Waals surface area (Å²) in [6.45, 7) is 0.668. The number of esters is 1. The van der Waals surface area contributed by atoms with Crippen molar-refractivity contribution in [2.24, 2.45) is 6.26 Å². The summed E-state index contributed by atoms with van der Waals surface area (Å²) in [5.41, 5.74) is 2.99. The van der Waals surface area contributed by atoms with Gasteiger partial charge in [-0.1, -0.05) is 30.3 Å². The fourth-order valence-electron chi connectivity index (χ4n) is 1.92. The van der Waals surface area contributed by atoms with Gasteiger partial charge in [0.25, 0.3) is 0 Å². The zero-order valence-electron chi connectivity index (χ0n) is 11.9. The lowest BCUT2D eigenvalue weighted by Crippen LogP contribution is -3.00. The minimum atomic E-state index is -0.247. The number of aromatic nitrogens is 1. The van der Waals surface area contributed by atoms with Crippen LogP contribution in [0.3, 0.4) is 0 Å². The van der Waals surface area contributed by atoms with E-state index in [2.05, 4.69) is 6.26 Å². The van der Waals surface area contributed by atoms with Gasteiger partial charge in [-0.3, -0.25) is 0 Å². The average Bonchev–Trinajstić information content (AvgIpc) is 2.78. The number of halogens is 1. The summed E-state index contributed by atoms with van der Waals surface area (Å²) in [5, 5.41) is 8.96. The van der Waals surface area contributed by atoms with Crippen LogP contribution in [0, 0.1) is 0 Å². The lowest BCUT2D eigenvalue weighted by atomic mass is 10.2. The molecule has 1 atom stereocenters. The number of thiazole rings is 1. The summed E-state index contributed by atoms with van der Waals surface area (Å²) >= 11 is 0. The van der Waals surface area contributed by atoms with Crippen molar-refractivity contribution in [3.8, 4) is 0 Å². The van der Waals surface area contributed by atoms with Gasteiger partial charge in [0.1, 0.15) is 12.9 Å². The third-order valence-electron chi connectivity index (χ3n) is 2.93. The van der Waals surface area contributed by atoms with Crippen molar-refractivity contribution >= 4 is 16.4 Å². The molecule has 0 spiro atoms. The van der Waals surface area contributed by atoms with Crippen LogP contribution in [0.1, 0.15) is 10.4 Å². The van der Waals surface area contributed by atoms with E-state index in [0.29, 0.717) is 13.0 Å². The quantitative estimate of drug-likeness (QED) is 0.383. The highest BCUT2D eigenvalue weighted by molar-refractivity contribution is 7.27. The molecule has 2 aromatic rings. The van der Waals surface area contributed by atoms with E-state index in [4.69, 9.17) is 9.84 Å². The molecule has 1 aromatic carbocycles. The van der Waals surface area contributed by atoms with E-state index in [-0.39, 0.29) is 46.6 Å². The molecule has 1 heterocycles. The summed E-state index contributed by atoms with van der Waals surface area (Å²) in [6.07, 6.45) is 4.67. The maximum absolute atomic E-state index is 11.8. The molecule has 1 unspecified atom stereocenters. The van der Waals surface area contributed by atoms with Crippen molar-refractivity contribution in [3.63, 3.8) is 0 Å². The highest BCUT2D eigenvalue weighted by Gasteiger charge is 2.22. The van der Waals surface area contributed by atoms with Crippen LogP contribution in [0.5, 0.6) is 0 Å². The molecule has 0 saturated carbocycles. The summed E-state index contributed by atoms with van der Waals surface area (Å²) in [4.78, 5) is 13.0. The highest BCUT2D eigenvalue weighted by Crippen LogP contribution is 2.17. The molecule has 114 valence electrons. The van der Waals surface area contributed by atoms with Gasteiger partial charge in [-0.15, -0.1) is 4.57 Å². The number of nitrogens with zero attached hydrogens (tertiary/aromatic N) is 1. The fraction of sp³-hybridized carbons (Fsp3) is 0.333. The summed E-state index contributed by atoms with van der Waals surface area (Å²) < 4.78 is 7.09. The molecule has 0 bridgehead atoms. The number of aryl methyl sites for hydroxylation is 1. The Morgan fingerprint density at radius 1 is 1.33 bits per heavy atom. The Balaban J connectivity index is 0.00000220. The van der Waals surface area contributed by atoms with Gasteiger partial charge in [0, 0.05) is 10.5 Å². The van der Waals surface area contributed by atoms with Gasteiger partial charge in [-0.2, -0.15) is 0 Å². The Morgan fingerprint density at radius 3 is 2.71 bits per heavy atom. The number of ether oxygens (including phenoxy) is 1. The molecule has 21 heavy (non-hydrogen) atoms. The third kappa shape index (κ3) is 5.57. The van der Waals surface area contributed by atoms with E-state index >= 15 is 0 Å². The Labute approximate surface area is 137 Å². The number of carbonyl (C=O) groups excluding carboxylic acids is 1. The van der Waals surface area contributed by atoms with E-state index in [0.717, 1.165) is 5.56 Å². The number of hydrogen-bond donors (Lipinski definition) is 1. The van der Waals surface area contributed by atoms with Gasteiger partial charge in [0.2, 0.25) is 17.6 Å². The predicted molar refractivity (Wildman–Crippen MR) is 77.1 cm³/mol. The second kappa shape index (κ2) is 8.92. The summed E-state index contributed by atoms with van der Waals surface area (Å²) in [6, 6.07) is 9.63. The zero-order chi connectivity index (χ0) is 14.4. The van der Waals surface area contributed by atoms with E-state index in [1.165, 1.54) is 4.88 Å². The molecule has 4 nitrogen and oxygen atoms in total. The lowest BCUT2D eigenvalue weighted by molar-refractivity contribution is -0.681. The first-order valence-corrected chi connectivity index (χ1v) is 8.15. The van der Waals surface area contributed by atoms with Crippen LogP contribution in [0.15, 0.2) is 42.0 Å². The topological polar surface area (TPSA) is 50.4 Å². The highest BCUT2D eigenvalue weighted by atomic mass is 79.9. The van der Waals surface area contributed by atoms with Gasteiger partial charge in [-0.05, 0) is 5.56 Å². The van der Waals surface area contributed by atoms with E-state index in [9.17, 15) is 4.79 Å². The van der Waals surface area contributed by atoms with E-state index in [1.54, 1.807) is 0 Å². The SMILES string of the molecule is C[s+]1c[n+](CC(=O)OCc2ccccc2)cc1CCO.[Br-]. The Morgan fingerprint density at radius 2 is 2.05 bits per heavy atom. The van der Waals surface area contributed by atoms with Crippen LogP contribution in [-0.4, -0.2) is 17.7 Å². The number of benzene rings is 1. The largest absolute Gasteiger partial charge is 1.00 e. The molecular formula is C15H19BrNO3S+. The number of aliphatic hydroxyl groups is 1. The van der Waals surface area contributed by atoms with Crippen LogP contribution in [0.4, 0.5) is 0 Å². The normalized spacial score (nSPS) is 10.9. The summed E-state index contributed by atoms with van der Waals surface area (Å²) in [5.74, 6) is -0.247. The molecule has 2 rings (SSSR count). The predicted octanol–water partition coefficient (Wildman–Crippen LogP) is -1.46. The van der Waals surface area contributed by atoms with Crippen molar-refractivity contribution in [2.45, 2.75) is 19.6 Å². The minimum Gasteiger partial charge on any atom is -1.00 e. The monoisotopic (exact) mass is 372 g/mol.